The van der Waals surface area contributed by atoms with Crippen LogP contribution >= 0.6 is 11.6 Å². The number of aryl methyl sites for hydroxylation is 1. The molecule has 0 unspecified atom stereocenters. The van der Waals surface area contributed by atoms with Gasteiger partial charge in [0.15, 0.2) is 0 Å². The van der Waals surface area contributed by atoms with E-state index < -0.39 is 0 Å². The summed E-state index contributed by atoms with van der Waals surface area (Å²) in [5.41, 5.74) is 10.3. The third-order valence-electron chi connectivity index (χ3n) is 2.83. The van der Waals surface area contributed by atoms with Gasteiger partial charge in [-0.05, 0) is 43.1 Å². The number of rotatable bonds is 3. The molecule has 0 aliphatic carbocycles. The van der Waals surface area contributed by atoms with Crippen LogP contribution in [0, 0.1) is 6.92 Å². The molecule has 0 aromatic heterocycles. The molecule has 2 rings (SSSR count). The van der Waals surface area contributed by atoms with E-state index in [0.29, 0.717) is 6.54 Å². The monoisotopic (exact) mass is 245 g/mol. The van der Waals surface area contributed by atoms with E-state index in [1.165, 1.54) is 11.1 Å². The van der Waals surface area contributed by atoms with Gasteiger partial charge in [0.1, 0.15) is 0 Å². The van der Waals surface area contributed by atoms with Gasteiger partial charge in [-0.25, -0.2) is 0 Å². The largest absolute Gasteiger partial charge is 0.330 e. The molecular formula is C15H16ClN. The van der Waals surface area contributed by atoms with Crippen molar-refractivity contribution in [3.63, 3.8) is 0 Å². The lowest BCUT2D eigenvalue weighted by molar-refractivity contribution is 0.969. The first-order valence-electron chi connectivity index (χ1n) is 5.76. The molecule has 2 N–H and O–H groups in total. The zero-order valence-corrected chi connectivity index (χ0v) is 10.7. The Morgan fingerprint density at radius 3 is 2.41 bits per heavy atom. The standard InChI is InChI=1S/C15H16ClN/c1-11-2-5-13(6-3-11)14-10-12(8-9-17)4-7-15(14)16/h2-7,10H,8-9,17H2,1H3. The third-order valence-corrected chi connectivity index (χ3v) is 3.16. The smallest absolute Gasteiger partial charge is 0.0484 e. The van der Waals surface area contributed by atoms with Crippen molar-refractivity contribution in [2.24, 2.45) is 5.73 Å². The van der Waals surface area contributed by atoms with Crippen molar-refractivity contribution >= 4 is 11.6 Å². The number of halogens is 1. The van der Waals surface area contributed by atoms with Crippen LogP contribution in [0.15, 0.2) is 42.5 Å². The predicted molar refractivity (Wildman–Crippen MR) is 74.4 cm³/mol. The first kappa shape index (κ1) is 12.2. The van der Waals surface area contributed by atoms with Gasteiger partial charge in [-0.3, -0.25) is 0 Å². The van der Waals surface area contributed by atoms with E-state index in [4.69, 9.17) is 17.3 Å². The minimum atomic E-state index is 0.662. The lowest BCUT2D eigenvalue weighted by Gasteiger charge is -2.08. The van der Waals surface area contributed by atoms with E-state index in [1.54, 1.807) is 0 Å². The molecule has 2 aromatic carbocycles. The highest BCUT2D eigenvalue weighted by atomic mass is 35.5. The van der Waals surface area contributed by atoms with Crippen molar-refractivity contribution in [3.05, 3.63) is 58.6 Å². The van der Waals surface area contributed by atoms with E-state index in [1.807, 2.05) is 12.1 Å². The molecule has 0 spiro atoms. The summed E-state index contributed by atoms with van der Waals surface area (Å²) in [7, 11) is 0. The molecule has 1 nitrogen and oxygen atoms in total. The fraction of sp³-hybridized carbons (Fsp3) is 0.200. The Morgan fingerprint density at radius 2 is 1.76 bits per heavy atom. The number of benzene rings is 2. The fourth-order valence-electron chi connectivity index (χ4n) is 1.85. The maximum atomic E-state index is 6.24. The zero-order chi connectivity index (χ0) is 12.3. The summed E-state index contributed by atoms with van der Waals surface area (Å²) in [6.45, 7) is 2.74. The average Bonchev–Trinajstić information content (AvgIpc) is 2.33. The van der Waals surface area contributed by atoms with Crippen molar-refractivity contribution in [3.8, 4) is 11.1 Å². The van der Waals surface area contributed by atoms with Crippen molar-refractivity contribution < 1.29 is 0 Å². The SMILES string of the molecule is Cc1ccc(-c2cc(CCN)ccc2Cl)cc1. The highest BCUT2D eigenvalue weighted by Crippen LogP contribution is 2.29. The van der Waals surface area contributed by atoms with Gasteiger partial charge >= 0.3 is 0 Å². The van der Waals surface area contributed by atoms with Crippen molar-refractivity contribution in [2.45, 2.75) is 13.3 Å². The molecule has 2 heteroatoms. The summed E-state index contributed by atoms with van der Waals surface area (Å²) in [6, 6.07) is 14.5. The lowest BCUT2D eigenvalue weighted by Crippen LogP contribution is -2.02. The molecule has 0 bridgehead atoms. The first-order valence-corrected chi connectivity index (χ1v) is 6.14. The van der Waals surface area contributed by atoms with Gasteiger partial charge in [0.05, 0.1) is 0 Å². The minimum Gasteiger partial charge on any atom is -0.330 e. The summed E-state index contributed by atoms with van der Waals surface area (Å²) < 4.78 is 0. The highest BCUT2D eigenvalue weighted by Gasteiger charge is 2.04. The van der Waals surface area contributed by atoms with Gasteiger partial charge in [-0.15, -0.1) is 0 Å². The minimum absolute atomic E-state index is 0.662. The van der Waals surface area contributed by atoms with Crippen LogP contribution in [0.3, 0.4) is 0 Å². The van der Waals surface area contributed by atoms with E-state index in [9.17, 15) is 0 Å². The van der Waals surface area contributed by atoms with Gasteiger partial charge in [0, 0.05) is 10.6 Å². The Labute approximate surface area is 107 Å². The van der Waals surface area contributed by atoms with Crippen LogP contribution in [0.4, 0.5) is 0 Å². The summed E-state index contributed by atoms with van der Waals surface area (Å²) in [4.78, 5) is 0. The molecule has 17 heavy (non-hydrogen) atoms. The molecule has 0 amide bonds. The quantitative estimate of drug-likeness (QED) is 0.874. The van der Waals surface area contributed by atoms with Crippen molar-refractivity contribution in [2.75, 3.05) is 6.54 Å². The maximum absolute atomic E-state index is 6.24. The van der Waals surface area contributed by atoms with Crippen LogP contribution in [-0.2, 0) is 6.42 Å². The highest BCUT2D eigenvalue weighted by molar-refractivity contribution is 6.33. The fourth-order valence-corrected chi connectivity index (χ4v) is 2.08. The molecule has 0 radical (unpaired) electrons. The van der Waals surface area contributed by atoms with Gasteiger partial charge in [0.2, 0.25) is 0 Å². The second-order valence-corrected chi connectivity index (χ2v) is 4.63. The van der Waals surface area contributed by atoms with E-state index in [-0.39, 0.29) is 0 Å². The number of hydrogen-bond donors (Lipinski definition) is 1. The Kier molecular flexibility index (Phi) is 3.82. The number of hydrogen-bond acceptors (Lipinski definition) is 1. The summed E-state index contributed by atoms with van der Waals surface area (Å²) in [5, 5.41) is 0.787. The predicted octanol–water partition coefficient (Wildman–Crippen LogP) is 3.82. The van der Waals surface area contributed by atoms with Gasteiger partial charge in [-0.2, -0.15) is 0 Å². The molecule has 0 fully saturated rings. The topological polar surface area (TPSA) is 26.0 Å². The van der Waals surface area contributed by atoms with Crippen LogP contribution in [-0.4, -0.2) is 6.54 Å². The summed E-state index contributed by atoms with van der Waals surface area (Å²) in [5.74, 6) is 0. The second-order valence-electron chi connectivity index (χ2n) is 4.22. The van der Waals surface area contributed by atoms with E-state index in [2.05, 4.69) is 37.3 Å². The summed E-state index contributed by atoms with van der Waals surface area (Å²) >= 11 is 6.24. The van der Waals surface area contributed by atoms with E-state index in [0.717, 1.165) is 22.6 Å². The average molecular weight is 246 g/mol. The maximum Gasteiger partial charge on any atom is 0.0484 e. The second kappa shape index (κ2) is 5.35. The number of nitrogens with two attached hydrogens (primary N) is 1. The molecule has 0 saturated carbocycles. The third kappa shape index (κ3) is 2.87. The van der Waals surface area contributed by atoms with Crippen molar-refractivity contribution in [1.82, 2.24) is 0 Å². The Hall–Kier alpha value is -1.31. The molecule has 2 aromatic rings. The molecule has 0 aliphatic heterocycles. The molecule has 0 heterocycles. The Bertz CT molecular complexity index is 503. The van der Waals surface area contributed by atoms with Crippen molar-refractivity contribution in [1.29, 1.82) is 0 Å². The molecule has 0 atom stereocenters. The van der Waals surface area contributed by atoms with E-state index >= 15 is 0 Å². The van der Waals surface area contributed by atoms with Crippen LogP contribution in [0.1, 0.15) is 11.1 Å². The van der Waals surface area contributed by atoms with Crippen LogP contribution in [0.25, 0.3) is 11.1 Å². The zero-order valence-electron chi connectivity index (χ0n) is 9.91. The van der Waals surface area contributed by atoms with Crippen LogP contribution in [0.2, 0.25) is 5.02 Å². The van der Waals surface area contributed by atoms with Crippen LogP contribution in [0.5, 0.6) is 0 Å². The molecule has 88 valence electrons. The van der Waals surface area contributed by atoms with Gasteiger partial charge in [-0.1, -0.05) is 47.5 Å². The van der Waals surface area contributed by atoms with Crippen LogP contribution < -0.4 is 5.73 Å². The van der Waals surface area contributed by atoms with Gasteiger partial charge in [0.25, 0.3) is 0 Å². The molecule has 0 saturated heterocycles. The summed E-state index contributed by atoms with van der Waals surface area (Å²) in [6.07, 6.45) is 0.885. The Balaban J connectivity index is 2.42. The first-order chi connectivity index (χ1) is 8.20. The Morgan fingerprint density at radius 1 is 1.06 bits per heavy atom. The van der Waals surface area contributed by atoms with Gasteiger partial charge < -0.3 is 5.73 Å². The normalized spacial score (nSPS) is 10.5. The lowest BCUT2D eigenvalue weighted by atomic mass is 10.0. The molecule has 0 aliphatic rings. The molecular weight excluding hydrogens is 230 g/mol.